The predicted molar refractivity (Wildman–Crippen MR) is 140 cm³/mol. The number of rotatable bonds is 6. The zero-order chi connectivity index (χ0) is 24.9. The Balaban J connectivity index is 1.30. The van der Waals surface area contributed by atoms with Crippen LogP contribution in [0.5, 0.6) is 0 Å². The minimum atomic E-state index is -0.688. The third-order valence-electron chi connectivity index (χ3n) is 5.64. The van der Waals surface area contributed by atoms with Crippen molar-refractivity contribution >= 4 is 46.6 Å². The van der Waals surface area contributed by atoms with Gasteiger partial charge in [-0.3, -0.25) is 14.5 Å². The maximum Gasteiger partial charge on any atom is 0.340 e. The largest absolute Gasteiger partial charge is 0.452 e. The van der Waals surface area contributed by atoms with Gasteiger partial charge in [0.05, 0.1) is 29.0 Å². The van der Waals surface area contributed by atoms with E-state index in [1.54, 1.807) is 40.9 Å². The first-order chi connectivity index (χ1) is 17.6. The summed E-state index contributed by atoms with van der Waals surface area (Å²) in [5.41, 5.74) is 2.87. The van der Waals surface area contributed by atoms with E-state index < -0.39 is 12.6 Å². The molecule has 1 N–H and O–H groups in total. The topological polar surface area (TPSA) is 75.7 Å². The van der Waals surface area contributed by atoms with Crippen LogP contribution < -0.4 is 10.2 Å². The molecule has 7 heteroatoms. The molecule has 0 atom stereocenters. The Bertz CT molecular complexity index is 1390. The summed E-state index contributed by atoms with van der Waals surface area (Å²) in [5, 5.41) is 2.78. The van der Waals surface area contributed by atoms with E-state index in [9.17, 15) is 14.4 Å². The van der Waals surface area contributed by atoms with Crippen LogP contribution in [-0.2, 0) is 20.7 Å². The van der Waals surface area contributed by atoms with Gasteiger partial charge in [-0.1, -0.05) is 78.5 Å². The van der Waals surface area contributed by atoms with Gasteiger partial charge in [-0.25, -0.2) is 4.79 Å². The average molecular weight is 495 g/mol. The van der Waals surface area contributed by atoms with Crippen molar-refractivity contribution in [3.63, 3.8) is 0 Å². The summed E-state index contributed by atoms with van der Waals surface area (Å²) in [7, 11) is 0. The molecule has 0 spiro atoms. The molecule has 0 saturated carbocycles. The molecular formula is C29H22N2O4S. The Labute approximate surface area is 212 Å². The summed E-state index contributed by atoms with van der Waals surface area (Å²) < 4.78 is 5.43. The highest BCUT2D eigenvalue weighted by Crippen LogP contribution is 2.47. The van der Waals surface area contributed by atoms with Crippen LogP contribution >= 0.6 is 11.8 Å². The van der Waals surface area contributed by atoms with Crippen LogP contribution in [0.25, 0.3) is 0 Å². The molecule has 0 fully saturated rings. The molecular weight excluding hydrogens is 472 g/mol. The lowest BCUT2D eigenvalue weighted by atomic mass is 10.1. The van der Waals surface area contributed by atoms with Gasteiger partial charge in [-0.2, -0.15) is 0 Å². The zero-order valence-corrected chi connectivity index (χ0v) is 20.0. The van der Waals surface area contributed by atoms with Gasteiger partial charge in [0.1, 0.15) is 0 Å². The molecule has 2 amide bonds. The molecule has 1 aliphatic rings. The lowest BCUT2D eigenvalue weighted by Gasteiger charge is -2.30. The van der Waals surface area contributed by atoms with E-state index in [1.807, 2.05) is 78.9 Å². The van der Waals surface area contributed by atoms with E-state index in [1.165, 1.54) is 0 Å². The van der Waals surface area contributed by atoms with Crippen LogP contribution in [0.15, 0.2) is 113 Å². The van der Waals surface area contributed by atoms with Crippen LogP contribution in [-0.4, -0.2) is 24.4 Å². The number of esters is 1. The van der Waals surface area contributed by atoms with Crippen LogP contribution in [0.3, 0.4) is 0 Å². The number of hydrogen-bond acceptors (Lipinski definition) is 5. The number of para-hydroxylation sites is 3. The molecule has 36 heavy (non-hydrogen) atoms. The molecule has 4 aromatic carbocycles. The van der Waals surface area contributed by atoms with Crippen molar-refractivity contribution in [2.75, 3.05) is 16.8 Å². The fraction of sp³-hybridized carbons (Fsp3) is 0.0690. The highest BCUT2D eigenvalue weighted by atomic mass is 32.2. The number of carbonyl (C=O) groups is 3. The lowest BCUT2D eigenvalue weighted by Crippen LogP contribution is -2.32. The SMILES string of the molecule is O=C(Cc1ccccc1)Nc1ccccc1C(=O)OCC(=O)N1c2ccccc2Sc2ccccc21. The Morgan fingerprint density at radius 1 is 0.722 bits per heavy atom. The standard InChI is InChI=1S/C29H22N2O4S/c32-27(18-20-10-2-1-3-11-20)30-22-13-5-4-12-21(22)29(34)35-19-28(33)31-23-14-6-8-16-25(23)36-26-17-9-7-15-24(26)31/h1-17H,18-19H2,(H,30,32). The van der Waals surface area contributed by atoms with Gasteiger partial charge < -0.3 is 10.1 Å². The van der Waals surface area contributed by atoms with Gasteiger partial charge in [-0.15, -0.1) is 0 Å². The quantitative estimate of drug-likeness (QED) is 0.340. The van der Waals surface area contributed by atoms with Crippen molar-refractivity contribution in [1.29, 1.82) is 0 Å². The Morgan fingerprint density at radius 3 is 2.00 bits per heavy atom. The van der Waals surface area contributed by atoms with Crippen LogP contribution in [0.4, 0.5) is 17.1 Å². The maximum absolute atomic E-state index is 13.3. The van der Waals surface area contributed by atoms with E-state index in [0.29, 0.717) is 5.69 Å². The number of nitrogens with one attached hydrogen (secondary N) is 1. The van der Waals surface area contributed by atoms with Crippen molar-refractivity contribution in [2.45, 2.75) is 16.2 Å². The Hall–Kier alpha value is -4.36. The smallest absolute Gasteiger partial charge is 0.340 e. The maximum atomic E-state index is 13.3. The lowest BCUT2D eigenvalue weighted by molar-refractivity contribution is -0.121. The van der Waals surface area contributed by atoms with Gasteiger partial charge in [0.2, 0.25) is 5.91 Å². The summed E-state index contributed by atoms with van der Waals surface area (Å²) in [4.78, 5) is 42.2. The first-order valence-corrected chi connectivity index (χ1v) is 12.2. The van der Waals surface area contributed by atoms with E-state index in [0.717, 1.165) is 26.7 Å². The first-order valence-electron chi connectivity index (χ1n) is 11.4. The predicted octanol–water partition coefficient (Wildman–Crippen LogP) is 5.85. The molecule has 0 unspecified atom stereocenters. The van der Waals surface area contributed by atoms with Gasteiger partial charge in [0, 0.05) is 9.79 Å². The fourth-order valence-corrected chi connectivity index (χ4v) is 5.05. The van der Waals surface area contributed by atoms with Gasteiger partial charge >= 0.3 is 5.97 Å². The summed E-state index contributed by atoms with van der Waals surface area (Å²) in [6.07, 6.45) is 0.175. The van der Waals surface area contributed by atoms with Crippen molar-refractivity contribution < 1.29 is 19.1 Å². The average Bonchev–Trinajstić information content (AvgIpc) is 2.91. The summed E-state index contributed by atoms with van der Waals surface area (Å²) in [5.74, 6) is -1.31. The minimum absolute atomic E-state index is 0.175. The molecule has 6 nitrogen and oxygen atoms in total. The Morgan fingerprint density at radius 2 is 1.31 bits per heavy atom. The summed E-state index contributed by atoms with van der Waals surface area (Å²) in [6, 6.07) is 31.2. The minimum Gasteiger partial charge on any atom is -0.452 e. The number of amides is 2. The monoisotopic (exact) mass is 494 g/mol. The van der Waals surface area contributed by atoms with E-state index in [2.05, 4.69) is 5.32 Å². The number of fused-ring (bicyclic) bond motifs is 2. The third kappa shape index (κ3) is 5.01. The second kappa shape index (κ2) is 10.5. The van der Waals surface area contributed by atoms with Crippen molar-refractivity contribution in [3.8, 4) is 0 Å². The molecule has 1 aliphatic heterocycles. The van der Waals surface area contributed by atoms with E-state index in [-0.39, 0.29) is 23.8 Å². The third-order valence-corrected chi connectivity index (χ3v) is 6.77. The van der Waals surface area contributed by atoms with Crippen LogP contribution in [0, 0.1) is 0 Å². The zero-order valence-electron chi connectivity index (χ0n) is 19.2. The van der Waals surface area contributed by atoms with Crippen molar-refractivity contribution in [2.24, 2.45) is 0 Å². The van der Waals surface area contributed by atoms with Crippen LogP contribution in [0.1, 0.15) is 15.9 Å². The van der Waals surface area contributed by atoms with Crippen molar-refractivity contribution in [1.82, 2.24) is 0 Å². The highest BCUT2D eigenvalue weighted by molar-refractivity contribution is 7.99. The molecule has 178 valence electrons. The molecule has 0 saturated heterocycles. The number of hydrogen-bond donors (Lipinski definition) is 1. The first kappa shape index (κ1) is 23.4. The summed E-state index contributed by atoms with van der Waals surface area (Å²) >= 11 is 1.59. The number of carbonyl (C=O) groups excluding carboxylic acids is 3. The molecule has 0 bridgehead atoms. The van der Waals surface area contributed by atoms with Crippen molar-refractivity contribution in [3.05, 3.63) is 114 Å². The molecule has 4 aromatic rings. The van der Waals surface area contributed by atoms with E-state index in [4.69, 9.17) is 4.74 Å². The molecule has 0 aliphatic carbocycles. The van der Waals surface area contributed by atoms with Gasteiger partial charge in [-0.05, 0) is 42.0 Å². The number of ether oxygens (including phenoxy) is 1. The second-order valence-corrected chi connectivity index (χ2v) is 9.18. The van der Waals surface area contributed by atoms with E-state index >= 15 is 0 Å². The van der Waals surface area contributed by atoms with Gasteiger partial charge in [0.25, 0.3) is 5.91 Å². The van der Waals surface area contributed by atoms with Gasteiger partial charge in [0.15, 0.2) is 6.61 Å². The number of anilines is 3. The number of benzene rings is 4. The fourth-order valence-electron chi connectivity index (χ4n) is 3.99. The second-order valence-electron chi connectivity index (χ2n) is 8.10. The summed E-state index contributed by atoms with van der Waals surface area (Å²) in [6.45, 7) is -0.446. The van der Waals surface area contributed by atoms with Crippen LogP contribution in [0.2, 0.25) is 0 Å². The Kier molecular flexibility index (Phi) is 6.82. The molecule has 1 heterocycles. The normalized spacial score (nSPS) is 11.7. The molecule has 5 rings (SSSR count). The molecule has 0 radical (unpaired) electrons. The molecule has 0 aromatic heterocycles. The highest BCUT2D eigenvalue weighted by Gasteiger charge is 2.28. The number of nitrogens with zero attached hydrogens (tertiary/aromatic N) is 1.